The second-order valence-corrected chi connectivity index (χ2v) is 8.22. The number of non-ortho nitro benzene ring substituents is 1. The number of anilines is 1. The first-order valence-corrected chi connectivity index (χ1v) is 10.6. The van der Waals surface area contributed by atoms with Crippen LogP contribution in [0.4, 0.5) is 11.4 Å². The zero-order valence-electron chi connectivity index (χ0n) is 17.8. The number of nitriles is 2. The zero-order valence-corrected chi connectivity index (χ0v) is 17.8. The van der Waals surface area contributed by atoms with E-state index in [0.29, 0.717) is 22.5 Å². The summed E-state index contributed by atoms with van der Waals surface area (Å²) in [5.74, 6) is -1.23. The molecule has 8 nitrogen and oxygen atoms in total. The third-order valence-corrected chi connectivity index (χ3v) is 6.54. The Kier molecular flexibility index (Phi) is 4.92. The van der Waals surface area contributed by atoms with E-state index in [0.717, 1.165) is 0 Å². The van der Waals surface area contributed by atoms with E-state index in [9.17, 15) is 25.4 Å². The van der Waals surface area contributed by atoms with Gasteiger partial charge in [-0.2, -0.15) is 10.5 Å². The summed E-state index contributed by atoms with van der Waals surface area (Å²) in [6.45, 7) is 0. The van der Waals surface area contributed by atoms with E-state index in [4.69, 9.17) is 0 Å². The lowest BCUT2D eigenvalue weighted by Gasteiger charge is -2.34. The molecule has 3 unspecified atom stereocenters. The molecule has 0 saturated carbocycles. The molecule has 3 aromatic rings. The first kappa shape index (κ1) is 21.0. The van der Waals surface area contributed by atoms with Gasteiger partial charge in [-0.3, -0.25) is 19.9 Å². The fourth-order valence-electron chi connectivity index (χ4n) is 5.09. The van der Waals surface area contributed by atoms with Crippen LogP contribution in [0.1, 0.15) is 27.5 Å². The maximum Gasteiger partial charge on any atom is 0.269 e. The molecule has 1 saturated heterocycles. The Labute approximate surface area is 195 Å². The number of nitro groups is 1. The molecule has 3 atom stereocenters. The lowest BCUT2D eigenvalue weighted by molar-refractivity contribution is -0.384. The number of Topliss-reactive ketones (excluding diaryl/α,β-unsaturated/α-hetero) is 1. The van der Waals surface area contributed by atoms with Crippen molar-refractivity contribution >= 4 is 23.2 Å². The normalized spacial score (nSPS) is 21.6. The van der Waals surface area contributed by atoms with Crippen LogP contribution in [0.3, 0.4) is 0 Å². The van der Waals surface area contributed by atoms with Gasteiger partial charge in [0.15, 0.2) is 11.2 Å². The molecule has 3 heterocycles. The second kappa shape index (κ2) is 7.95. The molecule has 2 aliphatic heterocycles. The molecule has 0 bridgehead atoms. The summed E-state index contributed by atoms with van der Waals surface area (Å²) >= 11 is 0. The number of nitro benzene ring substituents is 1. The summed E-state index contributed by atoms with van der Waals surface area (Å²) in [4.78, 5) is 31.1. The maximum atomic E-state index is 14.0. The largest absolute Gasteiger partial charge is 0.349 e. The lowest BCUT2D eigenvalue weighted by atomic mass is 9.69. The summed E-state index contributed by atoms with van der Waals surface area (Å²) in [7, 11) is 0. The number of rotatable bonds is 4. The molecule has 8 heteroatoms. The number of hydrogen-bond donors (Lipinski definition) is 0. The molecule has 0 N–H and O–H groups in total. The summed E-state index contributed by atoms with van der Waals surface area (Å²) in [5, 5.41) is 32.3. The summed E-state index contributed by atoms with van der Waals surface area (Å²) in [5.41, 5.74) is 0.221. The molecule has 1 fully saturated rings. The van der Waals surface area contributed by atoms with Crippen molar-refractivity contribution in [1.29, 1.82) is 10.5 Å². The highest BCUT2D eigenvalue weighted by molar-refractivity contribution is 6.04. The number of hydrogen-bond acceptors (Lipinski definition) is 7. The van der Waals surface area contributed by atoms with Crippen LogP contribution < -0.4 is 4.90 Å². The number of aromatic nitrogens is 1. The number of benzene rings is 2. The quantitative estimate of drug-likeness (QED) is 0.332. The highest BCUT2D eigenvalue weighted by atomic mass is 16.6. The number of carbonyl (C=O) groups is 1. The molecular weight excluding hydrogens is 430 g/mol. The van der Waals surface area contributed by atoms with E-state index in [1.165, 1.54) is 18.2 Å². The molecule has 0 aliphatic carbocycles. The van der Waals surface area contributed by atoms with Crippen molar-refractivity contribution in [3.05, 3.63) is 106 Å². The lowest BCUT2D eigenvalue weighted by Crippen LogP contribution is -2.44. The van der Waals surface area contributed by atoms with Gasteiger partial charge in [0.25, 0.3) is 5.69 Å². The molecule has 34 heavy (non-hydrogen) atoms. The van der Waals surface area contributed by atoms with Gasteiger partial charge in [0.2, 0.25) is 0 Å². The molecule has 2 aliphatic rings. The third-order valence-electron chi connectivity index (χ3n) is 6.54. The zero-order chi connectivity index (χ0) is 23.9. The number of fused-ring (bicyclic) bond motifs is 3. The van der Waals surface area contributed by atoms with Gasteiger partial charge < -0.3 is 4.90 Å². The summed E-state index contributed by atoms with van der Waals surface area (Å²) < 4.78 is 0. The van der Waals surface area contributed by atoms with Gasteiger partial charge in [0, 0.05) is 29.8 Å². The first-order valence-electron chi connectivity index (χ1n) is 10.6. The second-order valence-electron chi connectivity index (χ2n) is 8.22. The summed E-state index contributed by atoms with van der Waals surface area (Å²) in [6.07, 6.45) is 5.11. The standard InChI is InChI=1S/C26H17N5O3/c27-15-26(16-28)22-12-11-20-21(10-5-13-29-20)30(22)24(25(32)17-6-2-1-3-7-17)23(26)18-8-4-9-19(14-18)31(33)34/h1-14,22-24H. The van der Waals surface area contributed by atoms with Crippen molar-refractivity contribution in [1.82, 2.24) is 4.98 Å². The predicted molar refractivity (Wildman–Crippen MR) is 124 cm³/mol. The minimum atomic E-state index is -1.67. The van der Waals surface area contributed by atoms with E-state index in [1.807, 2.05) is 0 Å². The number of ketones is 1. The minimum absolute atomic E-state index is 0.171. The van der Waals surface area contributed by atoms with E-state index < -0.39 is 28.3 Å². The van der Waals surface area contributed by atoms with Crippen molar-refractivity contribution in [3.63, 3.8) is 0 Å². The van der Waals surface area contributed by atoms with Gasteiger partial charge in [0.1, 0.15) is 6.04 Å². The Bertz CT molecular complexity index is 1410. The minimum Gasteiger partial charge on any atom is -0.349 e. The Morgan fingerprint density at radius 1 is 1.06 bits per heavy atom. The maximum absolute atomic E-state index is 14.0. The summed E-state index contributed by atoms with van der Waals surface area (Å²) in [6, 6.07) is 20.7. The van der Waals surface area contributed by atoms with Gasteiger partial charge in [-0.15, -0.1) is 0 Å². The van der Waals surface area contributed by atoms with Gasteiger partial charge in [-0.1, -0.05) is 48.5 Å². The topological polar surface area (TPSA) is 124 Å². The van der Waals surface area contributed by atoms with Crippen molar-refractivity contribution in [2.45, 2.75) is 18.0 Å². The Hall–Kier alpha value is -4.82. The monoisotopic (exact) mass is 447 g/mol. The van der Waals surface area contributed by atoms with Crippen LogP contribution in [0, 0.1) is 38.2 Å². The molecular formula is C26H17N5O3. The van der Waals surface area contributed by atoms with Gasteiger partial charge in [-0.25, -0.2) is 0 Å². The van der Waals surface area contributed by atoms with Crippen molar-refractivity contribution in [3.8, 4) is 12.1 Å². The smallest absolute Gasteiger partial charge is 0.269 e. The Morgan fingerprint density at radius 3 is 2.53 bits per heavy atom. The fraction of sp³-hybridized carbons (Fsp3) is 0.154. The van der Waals surface area contributed by atoms with E-state index in [-0.39, 0.29) is 11.5 Å². The SMILES string of the molecule is N#CC1(C#N)C(c2cccc([N+](=O)[O-])c2)C(C(=O)c2ccccc2)N2c3cccnc3C=CC21. The van der Waals surface area contributed by atoms with Crippen molar-refractivity contribution in [2.75, 3.05) is 4.90 Å². The highest BCUT2D eigenvalue weighted by Gasteiger charge is 2.63. The Morgan fingerprint density at radius 2 is 1.82 bits per heavy atom. The molecule has 0 spiro atoms. The average Bonchev–Trinajstić information content (AvgIpc) is 3.20. The molecule has 0 radical (unpaired) electrons. The van der Waals surface area contributed by atoms with Gasteiger partial charge in [0.05, 0.1) is 34.5 Å². The Balaban J connectivity index is 1.80. The molecule has 164 valence electrons. The van der Waals surface area contributed by atoms with Gasteiger partial charge in [-0.05, 0) is 23.8 Å². The first-order chi connectivity index (χ1) is 16.5. The number of carbonyl (C=O) groups excluding carboxylic acids is 1. The highest BCUT2D eigenvalue weighted by Crippen LogP contribution is 2.55. The van der Waals surface area contributed by atoms with Crippen molar-refractivity contribution in [2.24, 2.45) is 5.41 Å². The van der Waals surface area contributed by atoms with Crippen LogP contribution in [0.2, 0.25) is 0 Å². The molecule has 0 amide bonds. The van der Waals surface area contributed by atoms with E-state index in [2.05, 4.69) is 17.1 Å². The average molecular weight is 447 g/mol. The molecule has 2 aromatic carbocycles. The van der Waals surface area contributed by atoms with Crippen molar-refractivity contribution < 1.29 is 9.72 Å². The number of nitrogens with zero attached hydrogens (tertiary/aromatic N) is 5. The number of pyridine rings is 1. The molecule has 1 aromatic heterocycles. The fourth-order valence-corrected chi connectivity index (χ4v) is 5.09. The third kappa shape index (κ3) is 2.97. The van der Waals surface area contributed by atoms with Crippen LogP contribution in [0.25, 0.3) is 6.08 Å². The van der Waals surface area contributed by atoms with Crippen LogP contribution in [-0.2, 0) is 0 Å². The van der Waals surface area contributed by atoms with Crippen LogP contribution >= 0.6 is 0 Å². The molecule has 5 rings (SSSR count). The van der Waals surface area contributed by atoms with Crippen LogP contribution in [-0.4, -0.2) is 27.8 Å². The predicted octanol–water partition coefficient (Wildman–Crippen LogP) is 4.27. The van der Waals surface area contributed by atoms with E-state index in [1.54, 1.807) is 71.8 Å². The van der Waals surface area contributed by atoms with Gasteiger partial charge >= 0.3 is 0 Å². The van der Waals surface area contributed by atoms with Crippen LogP contribution in [0.5, 0.6) is 0 Å². The van der Waals surface area contributed by atoms with E-state index >= 15 is 0 Å². The van der Waals surface area contributed by atoms with Crippen LogP contribution in [0.15, 0.2) is 79.0 Å².